The zero-order valence-corrected chi connectivity index (χ0v) is 16.6. The van der Waals surface area contributed by atoms with Gasteiger partial charge >= 0.3 is 0 Å². The van der Waals surface area contributed by atoms with Crippen molar-refractivity contribution in [3.63, 3.8) is 0 Å². The number of aliphatic hydroxyl groups is 1. The van der Waals surface area contributed by atoms with Crippen LogP contribution in [-0.4, -0.2) is 60.9 Å². The van der Waals surface area contributed by atoms with E-state index in [0.29, 0.717) is 18.7 Å². The average molecular weight is 398 g/mol. The lowest BCUT2D eigenvalue weighted by Gasteiger charge is -2.26. The Labute approximate surface area is 168 Å². The van der Waals surface area contributed by atoms with Gasteiger partial charge in [0, 0.05) is 18.7 Å². The lowest BCUT2D eigenvalue weighted by atomic mass is 9.95. The first-order valence-corrected chi connectivity index (χ1v) is 9.17. The van der Waals surface area contributed by atoms with Gasteiger partial charge in [0.05, 0.1) is 18.7 Å². The van der Waals surface area contributed by atoms with Crippen molar-refractivity contribution >= 4 is 17.4 Å². The molecule has 1 aliphatic rings. The largest absolute Gasteiger partial charge is 0.507 e. The number of Topliss-reactive ketones (excluding diaryl/α,β-unsaturated/α-hetero) is 1. The van der Waals surface area contributed by atoms with E-state index in [1.54, 1.807) is 24.3 Å². The summed E-state index contributed by atoms with van der Waals surface area (Å²) in [6.07, 6.45) is 0. The highest BCUT2D eigenvalue weighted by molar-refractivity contribution is 6.46. The molecule has 1 saturated heterocycles. The SMILES string of the molecule is COc1ccc(C(O)=C2C(=O)C(=O)N(CCN(C)C)C2c2ccccc2)cc1F. The van der Waals surface area contributed by atoms with Crippen LogP contribution in [0.4, 0.5) is 4.39 Å². The molecule has 2 aromatic rings. The molecule has 0 aliphatic carbocycles. The molecule has 0 radical (unpaired) electrons. The van der Waals surface area contributed by atoms with Crippen LogP contribution in [0, 0.1) is 5.82 Å². The molecule has 2 aromatic carbocycles. The number of likely N-dealkylation sites (tertiary alicyclic amines) is 1. The summed E-state index contributed by atoms with van der Waals surface area (Å²) >= 11 is 0. The Hall–Kier alpha value is -3.19. The van der Waals surface area contributed by atoms with E-state index >= 15 is 0 Å². The molecule has 1 unspecified atom stereocenters. The molecule has 0 saturated carbocycles. The van der Waals surface area contributed by atoms with Crippen molar-refractivity contribution in [1.82, 2.24) is 9.80 Å². The summed E-state index contributed by atoms with van der Waals surface area (Å²) in [5.41, 5.74) is 0.750. The molecular weight excluding hydrogens is 375 g/mol. The molecular formula is C22H23FN2O4. The second-order valence-corrected chi connectivity index (χ2v) is 7.06. The van der Waals surface area contributed by atoms with Crippen molar-refractivity contribution < 1.29 is 23.8 Å². The number of amides is 1. The molecule has 1 N–H and O–H groups in total. The van der Waals surface area contributed by atoms with Crippen LogP contribution in [-0.2, 0) is 9.59 Å². The highest BCUT2D eigenvalue weighted by Crippen LogP contribution is 2.39. The number of carbonyl (C=O) groups is 2. The van der Waals surface area contributed by atoms with Crippen molar-refractivity contribution in [2.24, 2.45) is 0 Å². The fraction of sp³-hybridized carbons (Fsp3) is 0.273. The third-order valence-electron chi connectivity index (χ3n) is 4.87. The minimum absolute atomic E-state index is 0.0209. The zero-order chi connectivity index (χ0) is 21.1. The molecule has 1 aliphatic heterocycles. The Kier molecular flexibility index (Phi) is 5.98. The molecule has 0 aromatic heterocycles. The predicted molar refractivity (Wildman–Crippen MR) is 107 cm³/mol. The summed E-state index contributed by atoms with van der Waals surface area (Å²) in [4.78, 5) is 28.9. The van der Waals surface area contributed by atoms with Crippen LogP contribution in [0.1, 0.15) is 17.2 Å². The smallest absolute Gasteiger partial charge is 0.295 e. The monoisotopic (exact) mass is 398 g/mol. The predicted octanol–water partition coefficient (Wildman–Crippen LogP) is 2.82. The van der Waals surface area contributed by atoms with Crippen LogP contribution >= 0.6 is 0 Å². The van der Waals surface area contributed by atoms with Crippen LogP contribution in [0.15, 0.2) is 54.1 Å². The molecule has 6 nitrogen and oxygen atoms in total. The molecule has 3 rings (SSSR count). The van der Waals surface area contributed by atoms with E-state index in [2.05, 4.69) is 0 Å². The first-order valence-electron chi connectivity index (χ1n) is 9.17. The van der Waals surface area contributed by atoms with E-state index in [1.807, 2.05) is 25.1 Å². The maximum Gasteiger partial charge on any atom is 0.295 e. The molecule has 1 heterocycles. The van der Waals surface area contributed by atoms with Gasteiger partial charge in [0.15, 0.2) is 11.6 Å². The summed E-state index contributed by atoms with van der Waals surface area (Å²) in [6.45, 7) is 0.860. The number of ether oxygens (including phenoxy) is 1. The Morgan fingerprint density at radius 1 is 1.17 bits per heavy atom. The number of carbonyl (C=O) groups excluding carboxylic acids is 2. The lowest BCUT2D eigenvalue weighted by Crippen LogP contribution is -2.35. The van der Waals surface area contributed by atoms with Crippen LogP contribution in [0.5, 0.6) is 5.75 Å². The first-order chi connectivity index (χ1) is 13.8. The van der Waals surface area contributed by atoms with Crippen molar-refractivity contribution in [3.05, 3.63) is 71.0 Å². The highest BCUT2D eigenvalue weighted by atomic mass is 19.1. The van der Waals surface area contributed by atoms with Gasteiger partial charge in [-0.05, 0) is 37.9 Å². The van der Waals surface area contributed by atoms with Crippen molar-refractivity contribution in [2.45, 2.75) is 6.04 Å². The number of likely N-dealkylation sites (N-methyl/N-ethyl adjacent to an activating group) is 1. The van der Waals surface area contributed by atoms with Gasteiger partial charge in [-0.15, -0.1) is 0 Å². The number of hydrogen-bond donors (Lipinski definition) is 1. The summed E-state index contributed by atoms with van der Waals surface area (Å²) in [5, 5.41) is 10.9. The van der Waals surface area contributed by atoms with E-state index in [9.17, 15) is 19.1 Å². The maximum absolute atomic E-state index is 14.2. The molecule has 0 bridgehead atoms. The topological polar surface area (TPSA) is 70.1 Å². The molecule has 152 valence electrons. The van der Waals surface area contributed by atoms with Gasteiger partial charge in [-0.2, -0.15) is 0 Å². The number of benzene rings is 2. The van der Waals surface area contributed by atoms with Crippen LogP contribution < -0.4 is 4.74 Å². The van der Waals surface area contributed by atoms with Gasteiger partial charge in [-0.1, -0.05) is 30.3 Å². The number of methoxy groups -OCH3 is 1. The summed E-state index contributed by atoms with van der Waals surface area (Å²) < 4.78 is 19.1. The van der Waals surface area contributed by atoms with E-state index in [1.165, 1.54) is 24.1 Å². The third kappa shape index (κ3) is 4.00. The van der Waals surface area contributed by atoms with Crippen LogP contribution in [0.2, 0.25) is 0 Å². The van der Waals surface area contributed by atoms with Gasteiger partial charge in [-0.3, -0.25) is 9.59 Å². The minimum Gasteiger partial charge on any atom is -0.507 e. The number of hydrogen-bond acceptors (Lipinski definition) is 5. The Balaban J connectivity index is 2.13. The quantitative estimate of drug-likeness (QED) is 0.460. The first kappa shape index (κ1) is 20.5. The maximum atomic E-state index is 14.2. The summed E-state index contributed by atoms with van der Waals surface area (Å²) in [7, 11) is 5.08. The van der Waals surface area contributed by atoms with Crippen molar-refractivity contribution in [2.75, 3.05) is 34.3 Å². The normalized spacial score (nSPS) is 18.5. The van der Waals surface area contributed by atoms with Crippen molar-refractivity contribution in [3.8, 4) is 5.75 Å². The molecule has 0 spiro atoms. The molecule has 1 atom stereocenters. The lowest BCUT2D eigenvalue weighted by molar-refractivity contribution is -0.140. The van der Waals surface area contributed by atoms with Gasteiger partial charge in [0.1, 0.15) is 5.76 Å². The number of aliphatic hydroxyl groups excluding tert-OH is 1. The van der Waals surface area contributed by atoms with Crippen molar-refractivity contribution in [1.29, 1.82) is 0 Å². The average Bonchev–Trinajstić information content (AvgIpc) is 2.97. The van der Waals surface area contributed by atoms with Gasteiger partial charge < -0.3 is 19.6 Å². The second kappa shape index (κ2) is 8.45. The number of rotatable bonds is 6. The number of ketones is 1. The zero-order valence-electron chi connectivity index (χ0n) is 16.6. The molecule has 29 heavy (non-hydrogen) atoms. The van der Waals surface area contributed by atoms with Gasteiger partial charge in [0.25, 0.3) is 11.7 Å². The summed E-state index contributed by atoms with van der Waals surface area (Å²) in [6, 6.07) is 12.2. The Morgan fingerprint density at radius 2 is 1.86 bits per heavy atom. The highest BCUT2D eigenvalue weighted by Gasteiger charge is 2.45. The van der Waals surface area contributed by atoms with Crippen LogP contribution in [0.25, 0.3) is 5.76 Å². The Morgan fingerprint density at radius 3 is 2.45 bits per heavy atom. The molecule has 1 amide bonds. The molecule has 1 fully saturated rings. The van der Waals surface area contributed by atoms with E-state index in [0.717, 1.165) is 6.07 Å². The fourth-order valence-electron chi connectivity index (χ4n) is 3.37. The Bertz CT molecular complexity index is 957. The summed E-state index contributed by atoms with van der Waals surface area (Å²) in [5.74, 6) is -2.53. The van der Waals surface area contributed by atoms with Gasteiger partial charge in [0.2, 0.25) is 0 Å². The second-order valence-electron chi connectivity index (χ2n) is 7.06. The van der Waals surface area contributed by atoms with Gasteiger partial charge in [-0.25, -0.2) is 4.39 Å². The standard InChI is InChI=1S/C22H23FN2O4/c1-24(2)11-12-25-19(14-7-5-4-6-8-14)18(21(27)22(25)28)20(26)15-9-10-17(29-3)16(23)13-15/h4-10,13,19,26H,11-12H2,1-3H3. The van der Waals surface area contributed by atoms with E-state index < -0.39 is 29.3 Å². The third-order valence-corrected chi connectivity index (χ3v) is 4.87. The van der Waals surface area contributed by atoms with E-state index in [4.69, 9.17) is 4.74 Å². The number of halogens is 1. The molecule has 7 heteroatoms. The minimum atomic E-state index is -0.786. The number of nitrogens with zero attached hydrogens (tertiary/aromatic N) is 2. The van der Waals surface area contributed by atoms with E-state index in [-0.39, 0.29) is 16.9 Å². The fourth-order valence-corrected chi connectivity index (χ4v) is 3.37. The van der Waals surface area contributed by atoms with Crippen LogP contribution in [0.3, 0.4) is 0 Å².